The van der Waals surface area contributed by atoms with Crippen molar-refractivity contribution in [2.24, 2.45) is 5.92 Å². The molecule has 2 aromatic heterocycles. The third-order valence-corrected chi connectivity index (χ3v) is 5.31. The number of hydrogen-bond donors (Lipinski definition) is 1. The normalized spacial score (nSPS) is 20.7. The maximum Gasteiger partial charge on any atom is 0.150 e. The van der Waals surface area contributed by atoms with Crippen molar-refractivity contribution in [2.75, 3.05) is 24.5 Å². The van der Waals surface area contributed by atoms with Gasteiger partial charge >= 0.3 is 0 Å². The molecule has 2 aromatic rings. The van der Waals surface area contributed by atoms with Gasteiger partial charge in [-0.2, -0.15) is 0 Å². The van der Waals surface area contributed by atoms with Gasteiger partial charge in [-0.05, 0) is 49.6 Å². The number of anilines is 1. The van der Waals surface area contributed by atoms with E-state index in [-0.39, 0.29) is 0 Å². The van der Waals surface area contributed by atoms with Crippen LogP contribution in [0.4, 0.5) is 5.82 Å². The van der Waals surface area contributed by atoms with Crippen molar-refractivity contribution in [1.29, 1.82) is 0 Å². The first kappa shape index (κ1) is 12.5. The van der Waals surface area contributed by atoms with Gasteiger partial charge in [0.25, 0.3) is 0 Å². The summed E-state index contributed by atoms with van der Waals surface area (Å²) in [6.07, 6.45) is 7.02. The molecule has 0 aromatic carbocycles. The molecular weight excluding hydrogens is 268 g/mol. The Balaban J connectivity index is 1.41. The van der Waals surface area contributed by atoms with E-state index in [0.717, 1.165) is 30.3 Å². The van der Waals surface area contributed by atoms with E-state index in [2.05, 4.69) is 31.6 Å². The number of hydrogen-bond acceptors (Lipinski definition) is 5. The van der Waals surface area contributed by atoms with Crippen LogP contribution in [0.3, 0.4) is 0 Å². The second kappa shape index (κ2) is 5.30. The average Bonchev–Trinajstić information content (AvgIpc) is 3.20. The van der Waals surface area contributed by atoms with Gasteiger partial charge in [-0.15, -0.1) is 11.3 Å². The molecule has 1 saturated heterocycles. The molecule has 1 aliphatic heterocycles. The molecule has 2 aliphatic rings. The van der Waals surface area contributed by atoms with Crippen LogP contribution in [0.5, 0.6) is 0 Å². The summed E-state index contributed by atoms with van der Waals surface area (Å²) in [5.74, 6) is 2.10. The van der Waals surface area contributed by atoms with Crippen molar-refractivity contribution in [3.63, 3.8) is 0 Å². The lowest BCUT2D eigenvalue weighted by atomic mass is 10.0. The minimum atomic E-state index is 0.701. The van der Waals surface area contributed by atoms with Crippen LogP contribution < -0.4 is 10.2 Å². The predicted octanol–water partition coefficient (Wildman–Crippen LogP) is 2.66. The molecule has 2 fully saturated rings. The van der Waals surface area contributed by atoms with E-state index in [1.807, 2.05) is 0 Å². The summed E-state index contributed by atoms with van der Waals surface area (Å²) < 4.78 is 1.23. The molecule has 5 heteroatoms. The monoisotopic (exact) mass is 288 g/mol. The van der Waals surface area contributed by atoms with Gasteiger partial charge in [0.2, 0.25) is 0 Å². The Labute approximate surface area is 123 Å². The highest BCUT2D eigenvalue weighted by atomic mass is 32.1. The summed E-state index contributed by atoms with van der Waals surface area (Å²) in [4.78, 5) is 11.3. The molecule has 3 heterocycles. The standard InChI is InChI=1S/C15H20N4S/c1-2-11(1)9-16-12-3-6-19(7-4-12)15-14-13(5-8-20-14)17-10-18-15/h5,8,10-12,16H,1-4,6-7,9H2. The van der Waals surface area contributed by atoms with Gasteiger partial charge in [-0.3, -0.25) is 0 Å². The summed E-state index contributed by atoms with van der Waals surface area (Å²) in [6.45, 7) is 3.44. The van der Waals surface area contributed by atoms with Crippen molar-refractivity contribution < 1.29 is 0 Å². The van der Waals surface area contributed by atoms with Gasteiger partial charge in [0.1, 0.15) is 12.1 Å². The lowest BCUT2D eigenvalue weighted by Gasteiger charge is -2.33. The molecule has 0 spiro atoms. The molecule has 0 amide bonds. The van der Waals surface area contributed by atoms with Crippen molar-refractivity contribution in [3.05, 3.63) is 17.8 Å². The maximum absolute atomic E-state index is 4.52. The number of thiophene rings is 1. The van der Waals surface area contributed by atoms with Crippen LogP contribution in [0.15, 0.2) is 17.8 Å². The minimum Gasteiger partial charge on any atom is -0.355 e. The Hall–Kier alpha value is -1.20. The van der Waals surface area contributed by atoms with Gasteiger partial charge in [0, 0.05) is 19.1 Å². The van der Waals surface area contributed by atoms with Gasteiger partial charge in [-0.1, -0.05) is 0 Å². The molecular formula is C15H20N4S. The summed E-state index contributed by atoms with van der Waals surface area (Å²) in [5, 5.41) is 5.83. The summed E-state index contributed by atoms with van der Waals surface area (Å²) in [7, 11) is 0. The highest BCUT2D eigenvalue weighted by Gasteiger charge is 2.25. The first-order chi connectivity index (χ1) is 9.90. The van der Waals surface area contributed by atoms with E-state index in [0.29, 0.717) is 6.04 Å². The van der Waals surface area contributed by atoms with E-state index in [1.165, 1.54) is 36.9 Å². The SMILES string of the molecule is c1nc(N2CCC(NCC3CC3)CC2)c2sccc2n1. The lowest BCUT2D eigenvalue weighted by molar-refractivity contribution is 0.408. The lowest BCUT2D eigenvalue weighted by Crippen LogP contribution is -2.43. The summed E-state index contributed by atoms with van der Waals surface area (Å²) in [6, 6.07) is 2.78. The predicted molar refractivity (Wildman–Crippen MR) is 83.4 cm³/mol. The molecule has 106 valence electrons. The van der Waals surface area contributed by atoms with Crippen LogP contribution in [0, 0.1) is 5.92 Å². The summed E-state index contributed by atoms with van der Waals surface area (Å²) >= 11 is 1.75. The van der Waals surface area contributed by atoms with Crippen LogP contribution in [0.25, 0.3) is 10.2 Å². The maximum atomic E-state index is 4.52. The fraction of sp³-hybridized carbons (Fsp3) is 0.600. The highest BCUT2D eigenvalue weighted by molar-refractivity contribution is 7.17. The zero-order valence-corrected chi connectivity index (χ0v) is 12.4. The van der Waals surface area contributed by atoms with Crippen LogP contribution in [0.1, 0.15) is 25.7 Å². The second-order valence-corrected chi connectivity index (χ2v) is 6.86. The van der Waals surface area contributed by atoms with E-state index in [9.17, 15) is 0 Å². The van der Waals surface area contributed by atoms with Crippen molar-refractivity contribution in [1.82, 2.24) is 15.3 Å². The first-order valence-corrected chi connectivity index (χ1v) is 8.44. The third kappa shape index (κ3) is 2.52. The second-order valence-electron chi connectivity index (χ2n) is 5.95. The molecule has 1 N–H and O–H groups in total. The molecule has 0 unspecified atom stereocenters. The fourth-order valence-electron chi connectivity index (χ4n) is 2.95. The zero-order valence-electron chi connectivity index (χ0n) is 11.6. The fourth-order valence-corrected chi connectivity index (χ4v) is 3.81. The van der Waals surface area contributed by atoms with Crippen LogP contribution in [-0.4, -0.2) is 35.6 Å². The Morgan fingerprint density at radius 1 is 1.20 bits per heavy atom. The molecule has 20 heavy (non-hydrogen) atoms. The molecule has 0 bridgehead atoms. The van der Waals surface area contributed by atoms with E-state index in [1.54, 1.807) is 17.7 Å². The first-order valence-electron chi connectivity index (χ1n) is 7.56. The largest absolute Gasteiger partial charge is 0.355 e. The van der Waals surface area contributed by atoms with Crippen LogP contribution in [-0.2, 0) is 0 Å². The van der Waals surface area contributed by atoms with Crippen molar-refractivity contribution >= 4 is 27.4 Å². The minimum absolute atomic E-state index is 0.701. The molecule has 1 aliphatic carbocycles. The molecule has 1 saturated carbocycles. The number of rotatable bonds is 4. The van der Waals surface area contributed by atoms with Crippen molar-refractivity contribution in [2.45, 2.75) is 31.7 Å². The number of aromatic nitrogens is 2. The Morgan fingerprint density at radius 2 is 2.05 bits per heavy atom. The Morgan fingerprint density at radius 3 is 2.85 bits per heavy atom. The number of nitrogens with zero attached hydrogens (tertiary/aromatic N) is 3. The van der Waals surface area contributed by atoms with Gasteiger partial charge in [0.15, 0.2) is 0 Å². The molecule has 0 radical (unpaired) electrons. The van der Waals surface area contributed by atoms with Gasteiger partial charge in [-0.25, -0.2) is 9.97 Å². The molecule has 0 atom stereocenters. The highest BCUT2D eigenvalue weighted by Crippen LogP contribution is 2.30. The Bertz CT molecular complexity index is 584. The number of piperidine rings is 1. The molecule has 4 rings (SSSR count). The topological polar surface area (TPSA) is 41.1 Å². The third-order valence-electron chi connectivity index (χ3n) is 4.41. The average molecular weight is 288 g/mol. The quantitative estimate of drug-likeness (QED) is 0.939. The summed E-state index contributed by atoms with van der Waals surface area (Å²) in [5.41, 5.74) is 1.08. The van der Waals surface area contributed by atoms with Gasteiger partial charge in [0.05, 0.1) is 10.2 Å². The van der Waals surface area contributed by atoms with E-state index >= 15 is 0 Å². The van der Waals surface area contributed by atoms with Gasteiger partial charge < -0.3 is 10.2 Å². The van der Waals surface area contributed by atoms with E-state index < -0.39 is 0 Å². The van der Waals surface area contributed by atoms with E-state index in [4.69, 9.17) is 0 Å². The molecule has 4 nitrogen and oxygen atoms in total. The van der Waals surface area contributed by atoms with Crippen LogP contribution in [0.2, 0.25) is 0 Å². The number of nitrogens with one attached hydrogen (secondary N) is 1. The zero-order chi connectivity index (χ0) is 13.4. The number of fused-ring (bicyclic) bond motifs is 1. The smallest absolute Gasteiger partial charge is 0.150 e. The van der Waals surface area contributed by atoms with Crippen LogP contribution >= 0.6 is 11.3 Å². The Kier molecular flexibility index (Phi) is 3.32. The van der Waals surface area contributed by atoms with Crippen molar-refractivity contribution in [3.8, 4) is 0 Å².